The van der Waals surface area contributed by atoms with E-state index in [1.165, 1.54) is 21.9 Å². The number of halogens is 1. The van der Waals surface area contributed by atoms with Crippen LogP contribution in [-0.4, -0.2) is 25.7 Å². The Bertz CT molecular complexity index is 809. The predicted octanol–water partition coefficient (Wildman–Crippen LogP) is 3.37. The number of hydrogen-bond donors (Lipinski definition) is 1. The maximum Gasteiger partial charge on any atom is 0.354 e. The smallest absolute Gasteiger partial charge is 0.354 e. The van der Waals surface area contributed by atoms with Gasteiger partial charge in [0.1, 0.15) is 0 Å². The largest absolute Gasteiger partial charge is 0.477 e. The maximum absolute atomic E-state index is 11.4. The van der Waals surface area contributed by atoms with Crippen LogP contribution in [0.15, 0.2) is 24.3 Å². The third kappa shape index (κ3) is 2.17. The molecule has 7 heteroatoms. The highest BCUT2D eigenvalue weighted by molar-refractivity contribution is 7.19. The van der Waals surface area contributed by atoms with E-state index in [9.17, 15) is 9.90 Å². The molecule has 3 aromatic rings. The third-order valence-electron chi connectivity index (χ3n) is 2.88. The normalized spacial score (nSPS) is 11.1. The van der Waals surface area contributed by atoms with Crippen LogP contribution in [0.5, 0.6) is 0 Å². The van der Waals surface area contributed by atoms with Crippen LogP contribution in [0.4, 0.5) is 0 Å². The van der Waals surface area contributed by atoms with Gasteiger partial charge in [0.05, 0.1) is 20.6 Å². The minimum Gasteiger partial charge on any atom is -0.477 e. The second kappa shape index (κ2) is 4.88. The van der Waals surface area contributed by atoms with Crippen LogP contribution in [-0.2, 0) is 6.42 Å². The Morgan fingerprint density at radius 2 is 2.25 bits per heavy atom. The molecule has 3 rings (SSSR count). The molecule has 0 aliphatic rings. The fourth-order valence-electron chi connectivity index (χ4n) is 1.93. The summed E-state index contributed by atoms with van der Waals surface area (Å²) in [5.74, 6) is -1.04. The third-order valence-corrected chi connectivity index (χ3v) is 4.14. The minimum absolute atomic E-state index is 0.0919. The van der Waals surface area contributed by atoms with Crippen molar-refractivity contribution >= 4 is 34.6 Å². The lowest BCUT2D eigenvalue weighted by atomic mass is 10.2. The molecule has 0 saturated heterocycles. The summed E-state index contributed by atoms with van der Waals surface area (Å²) in [6.45, 7) is 1.96. The summed E-state index contributed by atoms with van der Waals surface area (Å²) in [5, 5.41) is 13.6. The molecule has 0 radical (unpaired) electrons. The van der Waals surface area contributed by atoms with Crippen LogP contribution in [0.25, 0.3) is 16.2 Å². The fourth-order valence-corrected chi connectivity index (χ4v) is 2.93. The van der Waals surface area contributed by atoms with E-state index in [-0.39, 0.29) is 5.69 Å². The first-order chi connectivity index (χ1) is 9.58. The van der Waals surface area contributed by atoms with Crippen LogP contribution in [0.1, 0.15) is 23.1 Å². The van der Waals surface area contributed by atoms with Crippen molar-refractivity contribution in [3.8, 4) is 10.6 Å². The lowest BCUT2D eigenvalue weighted by Gasteiger charge is -2.02. The first-order valence-electron chi connectivity index (χ1n) is 5.97. The highest BCUT2D eigenvalue weighted by Crippen LogP contribution is 2.30. The van der Waals surface area contributed by atoms with Crippen LogP contribution < -0.4 is 0 Å². The summed E-state index contributed by atoms with van der Waals surface area (Å²) in [4.78, 5) is 16.7. The van der Waals surface area contributed by atoms with Gasteiger partial charge in [-0.05, 0) is 24.6 Å². The first kappa shape index (κ1) is 13.1. The number of rotatable bonds is 3. The van der Waals surface area contributed by atoms with E-state index in [0.717, 1.165) is 17.0 Å². The van der Waals surface area contributed by atoms with E-state index < -0.39 is 5.97 Å². The first-order valence-corrected chi connectivity index (χ1v) is 7.16. The maximum atomic E-state index is 11.4. The van der Waals surface area contributed by atoms with Crippen LogP contribution in [0.2, 0.25) is 4.34 Å². The van der Waals surface area contributed by atoms with Gasteiger partial charge in [-0.2, -0.15) is 5.10 Å². The average molecular weight is 308 g/mol. The van der Waals surface area contributed by atoms with Crippen molar-refractivity contribution in [2.75, 3.05) is 0 Å². The molecular formula is C13H10ClN3O2S. The molecular weight excluding hydrogens is 298 g/mol. The van der Waals surface area contributed by atoms with Gasteiger partial charge in [0.15, 0.2) is 11.3 Å². The summed E-state index contributed by atoms with van der Waals surface area (Å²) in [6, 6.07) is 6.91. The number of hydrogen-bond acceptors (Lipinski definition) is 4. The van der Waals surface area contributed by atoms with Crippen LogP contribution >= 0.6 is 22.9 Å². The van der Waals surface area contributed by atoms with Gasteiger partial charge in [-0.15, -0.1) is 11.3 Å². The molecule has 3 aromatic heterocycles. The number of carbonyl (C=O) groups is 1. The van der Waals surface area contributed by atoms with Gasteiger partial charge in [-0.1, -0.05) is 18.5 Å². The summed E-state index contributed by atoms with van der Waals surface area (Å²) < 4.78 is 2.00. The highest BCUT2D eigenvalue weighted by atomic mass is 35.5. The Kier molecular flexibility index (Phi) is 3.19. The van der Waals surface area contributed by atoms with E-state index in [1.807, 2.05) is 13.0 Å². The highest BCUT2D eigenvalue weighted by Gasteiger charge is 2.15. The zero-order valence-electron chi connectivity index (χ0n) is 10.5. The van der Waals surface area contributed by atoms with Crippen molar-refractivity contribution in [3.63, 3.8) is 0 Å². The number of carboxylic acid groups (broad SMARTS) is 1. The Hall–Kier alpha value is -1.92. The topological polar surface area (TPSA) is 67.5 Å². The van der Waals surface area contributed by atoms with E-state index in [2.05, 4.69) is 10.1 Å². The summed E-state index contributed by atoms with van der Waals surface area (Å²) in [7, 11) is 0. The summed E-state index contributed by atoms with van der Waals surface area (Å²) in [6.07, 6.45) is 0.725. The van der Waals surface area contributed by atoms with Gasteiger partial charge >= 0.3 is 5.97 Å². The molecule has 0 amide bonds. The van der Waals surface area contributed by atoms with Crippen LogP contribution in [0, 0.1) is 0 Å². The molecule has 0 spiro atoms. The second-order valence-corrected chi connectivity index (χ2v) is 5.91. The van der Waals surface area contributed by atoms with Gasteiger partial charge in [0.2, 0.25) is 0 Å². The fraction of sp³-hybridized carbons (Fsp3) is 0.154. The van der Waals surface area contributed by atoms with Crippen molar-refractivity contribution in [1.29, 1.82) is 0 Å². The van der Waals surface area contributed by atoms with Crippen molar-refractivity contribution in [2.24, 2.45) is 0 Å². The minimum atomic E-state index is -1.04. The van der Waals surface area contributed by atoms with E-state index >= 15 is 0 Å². The number of nitrogens with zero attached hydrogens (tertiary/aromatic N) is 3. The Balaban J connectivity index is 2.27. The molecule has 102 valence electrons. The second-order valence-electron chi connectivity index (χ2n) is 4.19. The Morgan fingerprint density at radius 3 is 2.85 bits per heavy atom. The molecule has 0 bridgehead atoms. The molecule has 0 fully saturated rings. The summed E-state index contributed by atoms with van der Waals surface area (Å²) >= 11 is 7.28. The van der Waals surface area contributed by atoms with Gasteiger partial charge < -0.3 is 5.11 Å². The zero-order chi connectivity index (χ0) is 14.3. The number of aryl methyl sites for hydroxylation is 1. The van der Waals surface area contributed by atoms with Gasteiger partial charge in [0, 0.05) is 6.07 Å². The number of thiophene rings is 1. The average Bonchev–Trinajstić information content (AvgIpc) is 3.02. The molecule has 0 unspecified atom stereocenters. The Morgan fingerprint density at radius 1 is 1.45 bits per heavy atom. The molecule has 0 aliphatic carbocycles. The van der Waals surface area contributed by atoms with E-state index in [1.54, 1.807) is 12.1 Å². The lowest BCUT2D eigenvalue weighted by molar-refractivity contribution is 0.0687. The molecule has 0 saturated carbocycles. The SMILES string of the molecule is CCc1cc2nc(-c3ccc(Cl)s3)cc(C(=O)O)n2n1. The number of fused-ring (bicyclic) bond motifs is 1. The van der Waals surface area contributed by atoms with Gasteiger partial charge in [-0.3, -0.25) is 0 Å². The predicted molar refractivity (Wildman–Crippen MR) is 77.6 cm³/mol. The standard InChI is InChI=1S/C13H10ClN3O2S/c1-2-7-5-12-15-8(10-3-4-11(14)20-10)6-9(13(18)19)17(12)16-7/h3-6H,2H2,1H3,(H,18,19). The molecule has 20 heavy (non-hydrogen) atoms. The molecule has 0 aliphatic heterocycles. The lowest BCUT2D eigenvalue weighted by Crippen LogP contribution is -2.08. The van der Waals surface area contributed by atoms with Crippen molar-refractivity contribution < 1.29 is 9.90 Å². The monoisotopic (exact) mass is 307 g/mol. The quantitative estimate of drug-likeness (QED) is 0.805. The van der Waals surface area contributed by atoms with Crippen molar-refractivity contribution in [2.45, 2.75) is 13.3 Å². The molecule has 0 atom stereocenters. The van der Waals surface area contributed by atoms with E-state index in [0.29, 0.717) is 15.7 Å². The number of aromatic carboxylic acids is 1. The number of aromatic nitrogens is 3. The van der Waals surface area contributed by atoms with Crippen LogP contribution in [0.3, 0.4) is 0 Å². The van der Waals surface area contributed by atoms with Gasteiger partial charge in [-0.25, -0.2) is 14.3 Å². The van der Waals surface area contributed by atoms with Crippen molar-refractivity contribution in [3.05, 3.63) is 40.0 Å². The molecule has 5 nitrogen and oxygen atoms in total. The molecule has 1 N–H and O–H groups in total. The molecule has 0 aromatic carbocycles. The summed E-state index contributed by atoms with van der Waals surface area (Å²) in [5.41, 5.74) is 2.02. The Labute approximate surface area is 123 Å². The number of carboxylic acids is 1. The zero-order valence-corrected chi connectivity index (χ0v) is 12.1. The molecule has 3 heterocycles. The van der Waals surface area contributed by atoms with Crippen molar-refractivity contribution in [1.82, 2.24) is 14.6 Å². The van der Waals surface area contributed by atoms with Gasteiger partial charge in [0.25, 0.3) is 0 Å². The van der Waals surface area contributed by atoms with E-state index in [4.69, 9.17) is 11.6 Å².